The number of nitrogens with zero attached hydrogens (tertiary/aromatic N) is 3. The number of nitrogens with one attached hydrogen (secondary N) is 1. The van der Waals surface area contributed by atoms with Gasteiger partial charge in [-0.3, -0.25) is 9.59 Å². The summed E-state index contributed by atoms with van der Waals surface area (Å²) in [7, 11) is 0. The van der Waals surface area contributed by atoms with Crippen molar-refractivity contribution in [2.45, 2.75) is 39.2 Å². The molecule has 2 aromatic rings. The SMILES string of the molecule is C=C(/C=C\c1scnc1C)[C@@H]1CCCCN1C(=O)C(=O)Nc1cnc(N)c(C)c1. The molecule has 0 aromatic carbocycles. The van der Waals surface area contributed by atoms with Gasteiger partial charge in [0.15, 0.2) is 0 Å². The molecule has 1 saturated heterocycles. The number of aryl methyl sites for hydroxylation is 2. The van der Waals surface area contributed by atoms with E-state index in [0.717, 1.165) is 41.0 Å². The minimum absolute atomic E-state index is 0.197. The first-order valence-electron chi connectivity index (χ1n) is 9.48. The molecule has 0 unspecified atom stereocenters. The second kappa shape index (κ2) is 9.00. The van der Waals surface area contributed by atoms with E-state index in [1.54, 1.807) is 34.7 Å². The largest absolute Gasteiger partial charge is 0.383 e. The van der Waals surface area contributed by atoms with Gasteiger partial charge in [0, 0.05) is 11.4 Å². The summed E-state index contributed by atoms with van der Waals surface area (Å²) in [5.41, 5.74) is 10.5. The number of rotatable bonds is 4. The Morgan fingerprint density at radius 3 is 2.83 bits per heavy atom. The highest BCUT2D eigenvalue weighted by atomic mass is 32.1. The molecule has 2 amide bonds. The Kier molecular flexibility index (Phi) is 6.43. The molecule has 1 aliphatic heterocycles. The van der Waals surface area contributed by atoms with Gasteiger partial charge in [0.1, 0.15) is 5.82 Å². The number of amides is 2. The lowest BCUT2D eigenvalue weighted by molar-refractivity contribution is -0.145. The molecule has 1 fully saturated rings. The molecule has 1 atom stereocenters. The van der Waals surface area contributed by atoms with E-state index >= 15 is 0 Å². The molecule has 0 saturated carbocycles. The third-order valence-electron chi connectivity index (χ3n) is 4.99. The quantitative estimate of drug-likeness (QED) is 0.594. The number of pyridine rings is 1. The van der Waals surface area contributed by atoms with Gasteiger partial charge in [0.05, 0.1) is 29.1 Å². The number of likely N-dealkylation sites (tertiary alicyclic amines) is 1. The molecule has 0 radical (unpaired) electrons. The highest BCUT2D eigenvalue weighted by molar-refractivity contribution is 7.10. The zero-order valence-corrected chi connectivity index (χ0v) is 17.5. The predicted molar refractivity (Wildman–Crippen MR) is 116 cm³/mol. The van der Waals surface area contributed by atoms with Gasteiger partial charge in [-0.25, -0.2) is 9.97 Å². The van der Waals surface area contributed by atoms with Crippen molar-refractivity contribution >= 4 is 40.7 Å². The maximum Gasteiger partial charge on any atom is 0.313 e. The van der Waals surface area contributed by atoms with Crippen LogP contribution in [-0.4, -0.2) is 39.3 Å². The van der Waals surface area contributed by atoms with E-state index in [0.29, 0.717) is 18.1 Å². The van der Waals surface area contributed by atoms with E-state index in [2.05, 4.69) is 21.9 Å². The maximum absolute atomic E-state index is 12.9. The van der Waals surface area contributed by atoms with Crippen molar-refractivity contribution in [1.82, 2.24) is 14.9 Å². The lowest BCUT2D eigenvalue weighted by Gasteiger charge is -2.35. The Labute approximate surface area is 174 Å². The van der Waals surface area contributed by atoms with Crippen LogP contribution in [0, 0.1) is 13.8 Å². The van der Waals surface area contributed by atoms with Crippen molar-refractivity contribution in [2.75, 3.05) is 17.6 Å². The normalized spacial score (nSPS) is 16.8. The van der Waals surface area contributed by atoms with Gasteiger partial charge in [-0.1, -0.05) is 12.7 Å². The standard InChI is InChI=1S/C21H25N5O2S/c1-13(7-8-18-15(3)24-12-29-18)17-6-4-5-9-26(17)21(28)20(27)25-16-10-14(2)19(22)23-11-16/h7-8,10-12,17H,1,4-6,9H2,2-3H3,(H2,22,23)(H,25,27)/b8-7-/t17-/m0/s1. The van der Waals surface area contributed by atoms with Crippen LogP contribution in [0.25, 0.3) is 6.08 Å². The molecule has 0 aliphatic carbocycles. The van der Waals surface area contributed by atoms with Gasteiger partial charge in [-0.15, -0.1) is 11.3 Å². The van der Waals surface area contributed by atoms with Gasteiger partial charge in [-0.2, -0.15) is 0 Å². The molecule has 0 spiro atoms. The average molecular weight is 412 g/mol. The van der Waals surface area contributed by atoms with E-state index in [4.69, 9.17) is 5.73 Å². The maximum atomic E-state index is 12.9. The number of carbonyl (C=O) groups excluding carboxylic acids is 2. The summed E-state index contributed by atoms with van der Waals surface area (Å²) in [6.45, 7) is 8.43. The zero-order chi connectivity index (χ0) is 21.0. The Bertz CT molecular complexity index is 966. The Hall–Kier alpha value is -3.00. The van der Waals surface area contributed by atoms with E-state index in [-0.39, 0.29) is 6.04 Å². The molecule has 3 N–H and O–H groups in total. The Morgan fingerprint density at radius 2 is 2.14 bits per heavy atom. The number of hydrogen-bond acceptors (Lipinski definition) is 6. The van der Waals surface area contributed by atoms with Gasteiger partial charge < -0.3 is 16.0 Å². The smallest absolute Gasteiger partial charge is 0.313 e. The highest BCUT2D eigenvalue weighted by Gasteiger charge is 2.31. The minimum Gasteiger partial charge on any atom is -0.383 e. The second-order valence-corrected chi connectivity index (χ2v) is 7.99. The van der Waals surface area contributed by atoms with Crippen LogP contribution in [0.15, 0.2) is 36.0 Å². The van der Waals surface area contributed by atoms with Crippen LogP contribution in [0.4, 0.5) is 11.5 Å². The van der Waals surface area contributed by atoms with Crippen molar-refractivity contribution in [3.63, 3.8) is 0 Å². The van der Waals surface area contributed by atoms with Gasteiger partial charge in [-0.05, 0) is 56.4 Å². The lowest BCUT2D eigenvalue weighted by atomic mass is 9.95. The molecular weight excluding hydrogens is 386 g/mol. The summed E-state index contributed by atoms with van der Waals surface area (Å²) >= 11 is 1.56. The first-order valence-corrected chi connectivity index (χ1v) is 10.4. The summed E-state index contributed by atoms with van der Waals surface area (Å²) in [6, 6.07) is 1.50. The molecule has 3 heterocycles. The van der Waals surface area contributed by atoms with Crippen LogP contribution in [-0.2, 0) is 9.59 Å². The van der Waals surface area contributed by atoms with Crippen molar-refractivity contribution in [2.24, 2.45) is 0 Å². The molecule has 152 valence electrons. The number of nitrogens with two attached hydrogens (primary N) is 1. The molecule has 2 aromatic heterocycles. The number of aromatic nitrogens is 2. The van der Waals surface area contributed by atoms with Crippen LogP contribution in [0.1, 0.15) is 35.4 Å². The van der Waals surface area contributed by atoms with Gasteiger partial charge in [0.2, 0.25) is 0 Å². The van der Waals surface area contributed by atoms with Crippen LogP contribution < -0.4 is 11.1 Å². The number of piperidine rings is 1. The van der Waals surface area contributed by atoms with Crippen LogP contribution in [0.5, 0.6) is 0 Å². The van der Waals surface area contributed by atoms with Gasteiger partial charge >= 0.3 is 11.8 Å². The Morgan fingerprint density at radius 1 is 1.34 bits per heavy atom. The first kappa shape index (κ1) is 20.7. The average Bonchev–Trinajstić information content (AvgIpc) is 3.13. The van der Waals surface area contributed by atoms with Crippen molar-refractivity contribution in [1.29, 1.82) is 0 Å². The van der Waals surface area contributed by atoms with Crippen molar-refractivity contribution < 1.29 is 9.59 Å². The number of hydrogen-bond donors (Lipinski definition) is 2. The first-order chi connectivity index (χ1) is 13.9. The fourth-order valence-corrected chi connectivity index (χ4v) is 3.99. The lowest BCUT2D eigenvalue weighted by Crippen LogP contribution is -2.48. The molecule has 1 aliphatic rings. The Balaban J connectivity index is 1.70. The second-order valence-electron chi connectivity index (χ2n) is 7.10. The third-order valence-corrected chi connectivity index (χ3v) is 5.89. The van der Waals surface area contributed by atoms with E-state index in [1.165, 1.54) is 6.20 Å². The fraction of sp³-hybridized carbons (Fsp3) is 0.333. The number of nitrogen functional groups attached to an aromatic ring is 1. The summed E-state index contributed by atoms with van der Waals surface area (Å²) in [5.74, 6) is -0.852. The molecule has 0 bridgehead atoms. The summed E-state index contributed by atoms with van der Waals surface area (Å²) < 4.78 is 0. The van der Waals surface area contributed by atoms with Crippen LogP contribution in [0.2, 0.25) is 0 Å². The predicted octanol–water partition coefficient (Wildman–Crippen LogP) is 3.33. The zero-order valence-electron chi connectivity index (χ0n) is 16.6. The molecule has 3 rings (SSSR count). The monoisotopic (exact) mass is 411 g/mol. The number of anilines is 2. The minimum atomic E-state index is -0.682. The fourth-order valence-electron chi connectivity index (χ4n) is 3.29. The van der Waals surface area contributed by atoms with E-state index < -0.39 is 11.8 Å². The van der Waals surface area contributed by atoms with Crippen molar-refractivity contribution in [3.8, 4) is 0 Å². The van der Waals surface area contributed by atoms with Gasteiger partial charge in [0.25, 0.3) is 0 Å². The van der Waals surface area contributed by atoms with E-state index in [9.17, 15) is 9.59 Å². The summed E-state index contributed by atoms with van der Waals surface area (Å²) in [4.78, 5) is 36.3. The number of carbonyl (C=O) groups is 2. The molecule has 29 heavy (non-hydrogen) atoms. The molecule has 8 heteroatoms. The molecular formula is C21H25N5O2S. The molecule has 7 nitrogen and oxygen atoms in total. The summed E-state index contributed by atoms with van der Waals surface area (Å²) in [5, 5.41) is 2.63. The van der Waals surface area contributed by atoms with E-state index in [1.807, 2.05) is 19.1 Å². The third kappa shape index (κ3) is 4.89. The highest BCUT2D eigenvalue weighted by Crippen LogP contribution is 2.25. The van der Waals surface area contributed by atoms with Crippen LogP contribution in [0.3, 0.4) is 0 Å². The topological polar surface area (TPSA) is 101 Å². The van der Waals surface area contributed by atoms with Crippen LogP contribution >= 0.6 is 11.3 Å². The van der Waals surface area contributed by atoms with Crippen molar-refractivity contribution in [3.05, 3.63) is 52.1 Å². The summed E-state index contributed by atoms with van der Waals surface area (Å²) in [6.07, 6.45) is 7.97. The number of thiazole rings is 1.